The molecule has 0 unspecified atom stereocenters. The highest BCUT2D eigenvalue weighted by molar-refractivity contribution is 7.21. The summed E-state index contributed by atoms with van der Waals surface area (Å²) in [5.41, 5.74) is 1.04. The summed E-state index contributed by atoms with van der Waals surface area (Å²) in [4.78, 5) is 28.7. The maximum Gasteiger partial charge on any atom is 0.340 e. The Labute approximate surface area is 152 Å². The number of fused-ring (bicyclic) bond motifs is 1. The van der Waals surface area contributed by atoms with E-state index in [-0.39, 0.29) is 28.1 Å². The third-order valence-electron chi connectivity index (χ3n) is 3.46. The van der Waals surface area contributed by atoms with Gasteiger partial charge in [0.05, 0.1) is 15.5 Å². The fraction of sp³-hybridized carbons (Fsp3) is 0.118. The summed E-state index contributed by atoms with van der Waals surface area (Å²) in [5, 5.41) is 1.29. The first-order chi connectivity index (χ1) is 11.5. The van der Waals surface area contributed by atoms with Gasteiger partial charge in [0.25, 0.3) is 0 Å². The summed E-state index contributed by atoms with van der Waals surface area (Å²) < 4.78 is 6.09. The SMILES string of the molecule is Cc1c(C(=O)COC(=O)c2cnc(Cl)c(Cl)c2)sc2ccccc12. The number of aromatic nitrogens is 1. The molecule has 7 heteroatoms. The molecule has 0 N–H and O–H groups in total. The number of esters is 1. The molecule has 0 amide bonds. The van der Waals surface area contributed by atoms with Crippen molar-refractivity contribution in [1.29, 1.82) is 0 Å². The van der Waals surface area contributed by atoms with Crippen molar-refractivity contribution in [1.82, 2.24) is 4.98 Å². The Morgan fingerprint density at radius 2 is 2.00 bits per heavy atom. The quantitative estimate of drug-likeness (QED) is 0.365. The van der Waals surface area contributed by atoms with Gasteiger partial charge in [0, 0.05) is 10.9 Å². The first-order valence-electron chi connectivity index (χ1n) is 6.97. The Hall–Kier alpha value is -1.95. The minimum absolute atomic E-state index is 0.102. The van der Waals surface area contributed by atoms with Crippen molar-refractivity contribution >= 4 is 56.4 Å². The lowest BCUT2D eigenvalue weighted by atomic mass is 10.1. The van der Waals surface area contributed by atoms with Crippen LogP contribution in [0.15, 0.2) is 36.5 Å². The molecule has 0 aliphatic rings. The highest BCUT2D eigenvalue weighted by Gasteiger charge is 2.18. The first kappa shape index (κ1) is 16.9. The topological polar surface area (TPSA) is 56.3 Å². The molecule has 3 aromatic rings. The highest BCUT2D eigenvalue weighted by atomic mass is 35.5. The van der Waals surface area contributed by atoms with Gasteiger partial charge in [-0.1, -0.05) is 41.4 Å². The molecule has 4 nitrogen and oxygen atoms in total. The van der Waals surface area contributed by atoms with Crippen molar-refractivity contribution in [2.24, 2.45) is 0 Å². The van der Waals surface area contributed by atoms with Crippen LogP contribution in [0.4, 0.5) is 0 Å². The zero-order chi connectivity index (χ0) is 17.3. The average molecular weight is 380 g/mol. The lowest BCUT2D eigenvalue weighted by molar-refractivity contribution is 0.0475. The number of rotatable bonds is 4. The third-order valence-corrected chi connectivity index (χ3v) is 5.46. The number of ether oxygens (including phenoxy) is 1. The predicted octanol–water partition coefficient (Wildman–Crippen LogP) is 4.95. The zero-order valence-corrected chi connectivity index (χ0v) is 14.8. The second kappa shape index (κ2) is 6.89. The van der Waals surface area contributed by atoms with E-state index in [1.54, 1.807) is 0 Å². The summed E-state index contributed by atoms with van der Waals surface area (Å²) >= 11 is 12.9. The fourth-order valence-electron chi connectivity index (χ4n) is 2.25. The molecular weight excluding hydrogens is 369 g/mol. The van der Waals surface area contributed by atoms with Crippen molar-refractivity contribution in [3.8, 4) is 0 Å². The van der Waals surface area contributed by atoms with Gasteiger partial charge in [-0.05, 0) is 30.0 Å². The summed E-state index contributed by atoms with van der Waals surface area (Å²) in [6.07, 6.45) is 1.26. The van der Waals surface area contributed by atoms with Crippen LogP contribution in [0.2, 0.25) is 10.2 Å². The Bertz CT molecular complexity index is 952. The molecule has 0 spiro atoms. The van der Waals surface area contributed by atoms with E-state index < -0.39 is 5.97 Å². The summed E-state index contributed by atoms with van der Waals surface area (Å²) in [7, 11) is 0. The summed E-state index contributed by atoms with van der Waals surface area (Å²) in [6, 6.07) is 9.12. The van der Waals surface area contributed by atoms with Crippen molar-refractivity contribution in [2.45, 2.75) is 6.92 Å². The van der Waals surface area contributed by atoms with Crippen molar-refractivity contribution < 1.29 is 14.3 Å². The third kappa shape index (κ3) is 3.29. The van der Waals surface area contributed by atoms with E-state index in [2.05, 4.69) is 4.98 Å². The normalized spacial score (nSPS) is 10.8. The molecule has 0 saturated carbocycles. The molecule has 2 aromatic heterocycles. The van der Waals surface area contributed by atoms with Crippen LogP contribution in [0.1, 0.15) is 25.6 Å². The van der Waals surface area contributed by atoms with Gasteiger partial charge in [-0.15, -0.1) is 11.3 Å². The van der Waals surface area contributed by atoms with Gasteiger partial charge in [-0.2, -0.15) is 0 Å². The molecule has 0 aliphatic carbocycles. The Morgan fingerprint density at radius 3 is 2.71 bits per heavy atom. The Balaban J connectivity index is 1.73. The van der Waals surface area contributed by atoms with E-state index in [4.69, 9.17) is 27.9 Å². The second-order valence-electron chi connectivity index (χ2n) is 5.05. The predicted molar refractivity (Wildman–Crippen MR) is 95.4 cm³/mol. The first-order valence-corrected chi connectivity index (χ1v) is 8.54. The van der Waals surface area contributed by atoms with Crippen LogP contribution >= 0.6 is 34.5 Å². The smallest absolute Gasteiger partial charge is 0.340 e. The molecule has 122 valence electrons. The van der Waals surface area contributed by atoms with Crippen molar-refractivity contribution in [2.75, 3.05) is 6.61 Å². The van der Waals surface area contributed by atoms with Gasteiger partial charge < -0.3 is 4.74 Å². The number of carbonyl (C=O) groups excluding carboxylic acids is 2. The van der Waals surface area contributed by atoms with Crippen LogP contribution < -0.4 is 0 Å². The van der Waals surface area contributed by atoms with E-state index in [1.165, 1.54) is 23.6 Å². The highest BCUT2D eigenvalue weighted by Crippen LogP contribution is 2.30. The van der Waals surface area contributed by atoms with Crippen LogP contribution in [0, 0.1) is 6.92 Å². The number of halogens is 2. The molecule has 0 fully saturated rings. The van der Waals surface area contributed by atoms with Crippen LogP contribution in [0.5, 0.6) is 0 Å². The number of thiophene rings is 1. The zero-order valence-electron chi connectivity index (χ0n) is 12.5. The summed E-state index contributed by atoms with van der Waals surface area (Å²) in [6.45, 7) is 1.55. The van der Waals surface area contributed by atoms with Crippen LogP contribution in [-0.4, -0.2) is 23.3 Å². The molecule has 3 rings (SSSR count). The summed E-state index contributed by atoms with van der Waals surface area (Å²) in [5.74, 6) is -0.914. The molecule has 2 heterocycles. The van der Waals surface area contributed by atoms with Gasteiger partial charge >= 0.3 is 5.97 Å². The second-order valence-corrected chi connectivity index (χ2v) is 6.87. The fourth-order valence-corrected chi connectivity index (χ4v) is 3.66. The molecular formula is C17H11Cl2NO3S. The van der Waals surface area contributed by atoms with Crippen LogP contribution in [0.3, 0.4) is 0 Å². The lowest BCUT2D eigenvalue weighted by Crippen LogP contribution is -2.14. The number of hydrogen-bond donors (Lipinski definition) is 0. The molecule has 0 radical (unpaired) electrons. The number of benzene rings is 1. The monoisotopic (exact) mass is 379 g/mol. The maximum absolute atomic E-state index is 12.4. The van der Waals surface area contributed by atoms with Gasteiger partial charge in [0.2, 0.25) is 5.78 Å². The van der Waals surface area contributed by atoms with Crippen molar-refractivity contribution in [3.63, 3.8) is 0 Å². The largest absolute Gasteiger partial charge is 0.454 e. The van der Waals surface area contributed by atoms with Crippen LogP contribution in [-0.2, 0) is 4.74 Å². The molecule has 0 atom stereocenters. The molecule has 1 aromatic carbocycles. The van der Waals surface area contributed by atoms with E-state index in [0.29, 0.717) is 4.88 Å². The average Bonchev–Trinajstić information content (AvgIpc) is 2.92. The standard InChI is InChI=1S/C17H11Cl2NO3S/c1-9-11-4-2-3-5-14(11)24-15(9)13(21)8-23-17(22)10-6-12(18)16(19)20-7-10/h2-7H,8H2,1H3. The molecule has 0 bridgehead atoms. The number of Topliss-reactive ketones (excluding diaryl/α,β-unsaturated/α-hetero) is 1. The Kier molecular flexibility index (Phi) is 4.85. The number of nitrogens with zero attached hydrogens (tertiary/aromatic N) is 1. The lowest BCUT2D eigenvalue weighted by Gasteiger charge is -2.04. The minimum atomic E-state index is -0.673. The number of carbonyl (C=O) groups is 2. The van der Waals surface area contributed by atoms with Gasteiger partial charge in [-0.3, -0.25) is 4.79 Å². The van der Waals surface area contributed by atoms with Crippen LogP contribution in [0.25, 0.3) is 10.1 Å². The van der Waals surface area contributed by atoms with Gasteiger partial charge in [0.15, 0.2) is 6.61 Å². The van der Waals surface area contributed by atoms with Gasteiger partial charge in [0.1, 0.15) is 5.15 Å². The molecule has 0 saturated heterocycles. The van der Waals surface area contributed by atoms with E-state index in [0.717, 1.165) is 15.6 Å². The van der Waals surface area contributed by atoms with E-state index >= 15 is 0 Å². The number of aryl methyl sites for hydroxylation is 1. The minimum Gasteiger partial charge on any atom is -0.454 e. The Morgan fingerprint density at radius 1 is 1.25 bits per heavy atom. The molecule has 0 aliphatic heterocycles. The van der Waals surface area contributed by atoms with E-state index in [9.17, 15) is 9.59 Å². The maximum atomic E-state index is 12.4. The van der Waals surface area contributed by atoms with Crippen molar-refractivity contribution in [3.05, 3.63) is 62.7 Å². The number of pyridine rings is 1. The molecule has 24 heavy (non-hydrogen) atoms. The number of hydrogen-bond acceptors (Lipinski definition) is 5. The van der Waals surface area contributed by atoms with E-state index in [1.807, 2.05) is 31.2 Å². The van der Waals surface area contributed by atoms with Gasteiger partial charge in [-0.25, -0.2) is 9.78 Å². The number of ketones is 1.